The quantitative estimate of drug-likeness (QED) is 0.831. The van der Waals surface area contributed by atoms with E-state index in [2.05, 4.69) is 10.3 Å². The number of anilines is 1. The Morgan fingerprint density at radius 1 is 1.37 bits per heavy atom. The average Bonchev–Trinajstić information content (AvgIpc) is 3.15. The molecule has 4 heterocycles. The van der Waals surface area contributed by atoms with Crippen LogP contribution < -0.4 is 5.32 Å². The minimum absolute atomic E-state index is 0.0460. The molecule has 27 heavy (non-hydrogen) atoms. The van der Waals surface area contributed by atoms with Crippen molar-refractivity contribution >= 4 is 39.1 Å². The number of carbonyl (C=O) groups excluding carboxylic acids is 2. The second kappa shape index (κ2) is 6.19. The van der Waals surface area contributed by atoms with Gasteiger partial charge in [-0.25, -0.2) is 4.98 Å². The van der Waals surface area contributed by atoms with E-state index < -0.39 is 29.6 Å². The van der Waals surface area contributed by atoms with Gasteiger partial charge in [0.25, 0.3) is 5.91 Å². The van der Waals surface area contributed by atoms with Crippen molar-refractivity contribution in [3.05, 3.63) is 22.2 Å². The molecule has 0 spiro atoms. The predicted octanol–water partition coefficient (Wildman–Crippen LogP) is 4.07. The van der Waals surface area contributed by atoms with E-state index in [1.54, 1.807) is 0 Å². The van der Waals surface area contributed by atoms with Gasteiger partial charge in [-0.3, -0.25) is 9.59 Å². The SMILES string of the molecule is CC(C)Cc1cc(C(F)(F)F)c2c3c(sc2n1)C(=O)N1CCC[C@@H]1C(=O)N3. The molecule has 2 aliphatic rings. The first-order valence-corrected chi connectivity index (χ1v) is 9.64. The number of amides is 2. The second-order valence-electron chi connectivity index (χ2n) is 7.39. The number of halogens is 3. The van der Waals surface area contributed by atoms with Gasteiger partial charge in [0.2, 0.25) is 5.91 Å². The van der Waals surface area contributed by atoms with E-state index in [1.807, 2.05) is 13.8 Å². The summed E-state index contributed by atoms with van der Waals surface area (Å²) in [5, 5.41) is 2.41. The summed E-state index contributed by atoms with van der Waals surface area (Å²) < 4.78 is 41.3. The van der Waals surface area contributed by atoms with Gasteiger partial charge >= 0.3 is 6.18 Å². The van der Waals surface area contributed by atoms with Crippen LogP contribution in [0.5, 0.6) is 0 Å². The summed E-state index contributed by atoms with van der Waals surface area (Å²) in [6, 6.07) is 0.424. The molecule has 0 radical (unpaired) electrons. The standard InChI is InChI=1S/C18H18F3N3O2S/c1-8(2)6-9-7-10(18(19,20)21)12-13-14(27-16(12)22-9)17(26)24-5-3-4-11(24)15(25)23-13/h7-8,11H,3-6H2,1-2H3,(H,23,25)/t11-/m1/s1. The monoisotopic (exact) mass is 397 g/mol. The van der Waals surface area contributed by atoms with Gasteiger partial charge in [0.1, 0.15) is 15.7 Å². The molecule has 2 aromatic heterocycles. The number of hydrogen-bond acceptors (Lipinski definition) is 4. The zero-order chi connectivity index (χ0) is 19.5. The normalized spacial score (nSPS) is 20.1. The Bertz CT molecular complexity index is 951. The molecule has 2 aliphatic heterocycles. The Kier molecular flexibility index (Phi) is 4.17. The molecule has 9 heteroatoms. The maximum atomic E-state index is 13.8. The number of pyridine rings is 1. The van der Waals surface area contributed by atoms with Gasteiger partial charge in [0, 0.05) is 17.6 Å². The highest BCUT2D eigenvalue weighted by atomic mass is 32.1. The molecule has 0 aliphatic carbocycles. The van der Waals surface area contributed by atoms with E-state index in [0.717, 1.165) is 17.4 Å². The van der Waals surface area contributed by atoms with E-state index in [-0.39, 0.29) is 26.7 Å². The number of rotatable bonds is 2. The van der Waals surface area contributed by atoms with Crippen molar-refractivity contribution in [2.75, 3.05) is 11.9 Å². The van der Waals surface area contributed by atoms with Gasteiger partial charge in [-0.15, -0.1) is 11.3 Å². The predicted molar refractivity (Wildman–Crippen MR) is 95.9 cm³/mol. The summed E-state index contributed by atoms with van der Waals surface area (Å²) in [6.07, 6.45) is -2.99. The van der Waals surface area contributed by atoms with Crippen LogP contribution in [0.4, 0.5) is 18.9 Å². The number of nitrogens with zero attached hydrogens (tertiary/aromatic N) is 2. The van der Waals surface area contributed by atoms with Crippen LogP contribution in [-0.2, 0) is 17.4 Å². The first-order chi connectivity index (χ1) is 12.7. The number of hydrogen-bond donors (Lipinski definition) is 1. The van der Waals surface area contributed by atoms with Crippen molar-refractivity contribution in [2.45, 2.75) is 45.3 Å². The molecule has 144 valence electrons. The van der Waals surface area contributed by atoms with Crippen LogP contribution in [0.25, 0.3) is 10.2 Å². The third-order valence-corrected chi connectivity index (χ3v) is 5.97. The summed E-state index contributed by atoms with van der Waals surface area (Å²) in [5.74, 6) is -0.688. The van der Waals surface area contributed by atoms with Crippen LogP contribution in [0.3, 0.4) is 0 Å². The molecule has 2 amide bonds. The Balaban J connectivity index is 1.96. The fraction of sp³-hybridized carbons (Fsp3) is 0.500. The molecule has 0 aromatic carbocycles. The van der Waals surface area contributed by atoms with Gasteiger partial charge in [0.15, 0.2) is 0 Å². The van der Waals surface area contributed by atoms with E-state index in [9.17, 15) is 22.8 Å². The largest absolute Gasteiger partial charge is 0.417 e. The lowest BCUT2D eigenvalue weighted by Crippen LogP contribution is -2.40. The molecule has 0 saturated carbocycles. The summed E-state index contributed by atoms with van der Waals surface area (Å²) in [4.78, 5) is 31.5. The van der Waals surface area contributed by atoms with Gasteiger partial charge in [-0.2, -0.15) is 13.2 Å². The number of carbonyl (C=O) groups is 2. The lowest BCUT2D eigenvalue weighted by molar-refractivity contribution is -0.136. The fourth-order valence-electron chi connectivity index (χ4n) is 3.78. The number of aromatic nitrogens is 1. The molecule has 0 bridgehead atoms. The van der Waals surface area contributed by atoms with E-state index in [0.29, 0.717) is 31.5 Å². The van der Waals surface area contributed by atoms with Crippen LogP contribution in [0.2, 0.25) is 0 Å². The first-order valence-electron chi connectivity index (χ1n) is 8.82. The van der Waals surface area contributed by atoms with Gasteiger partial charge in [-0.05, 0) is 31.2 Å². The Morgan fingerprint density at radius 3 is 2.78 bits per heavy atom. The lowest BCUT2D eigenvalue weighted by atomic mass is 10.0. The van der Waals surface area contributed by atoms with Crippen molar-refractivity contribution in [2.24, 2.45) is 5.92 Å². The topological polar surface area (TPSA) is 62.3 Å². The van der Waals surface area contributed by atoms with E-state index in [4.69, 9.17) is 0 Å². The van der Waals surface area contributed by atoms with Crippen LogP contribution in [0, 0.1) is 5.92 Å². The third kappa shape index (κ3) is 2.97. The molecule has 1 atom stereocenters. The van der Waals surface area contributed by atoms with Crippen molar-refractivity contribution in [1.29, 1.82) is 0 Å². The molecule has 0 unspecified atom stereocenters. The summed E-state index contributed by atoms with van der Waals surface area (Å²) in [7, 11) is 0. The summed E-state index contributed by atoms with van der Waals surface area (Å²) in [6.45, 7) is 4.24. The smallest absolute Gasteiger partial charge is 0.326 e. The number of nitrogens with one attached hydrogen (secondary N) is 1. The zero-order valence-electron chi connectivity index (χ0n) is 14.8. The number of fused-ring (bicyclic) bond motifs is 4. The highest BCUT2D eigenvalue weighted by Crippen LogP contribution is 2.45. The Morgan fingerprint density at radius 2 is 2.11 bits per heavy atom. The van der Waals surface area contributed by atoms with Crippen molar-refractivity contribution in [3.63, 3.8) is 0 Å². The zero-order valence-corrected chi connectivity index (χ0v) is 15.6. The minimum Gasteiger partial charge on any atom is -0.326 e. The molecular formula is C18H18F3N3O2S. The van der Waals surface area contributed by atoms with Crippen molar-refractivity contribution in [1.82, 2.24) is 9.88 Å². The van der Waals surface area contributed by atoms with Crippen LogP contribution in [-0.4, -0.2) is 34.3 Å². The molecule has 1 fully saturated rings. The summed E-state index contributed by atoms with van der Waals surface area (Å²) in [5.41, 5.74) is -0.565. The van der Waals surface area contributed by atoms with Gasteiger partial charge in [-0.1, -0.05) is 13.8 Å². The fourth-order valence-corrected chi connectivity index (χ4v) is 4.91. The average molecular weight is 397 g/mol. The highest BCUT2D eigenvalue weighted by molar-refractivity contribution is 7.21. The second-order valence-corrected chi connectivity index (χ2v) is 8.39. The van der Waals surface area contributed by atoms with Crippen LogP contribution >= 0.6 is 11.3 Å². The number of alkyl halides is 3. The molecular weight excluding hydrogens is 379 g/mol. The first kappa shape index (κ1) is 18.2. The molecule has 5 nitrogen and oxygen atoms in total. The maximum absolute atomic E-state index is 13.8. The van der Waals surface area contributed by atoms with Crippen LogP contribution in [0.15, 0.2) is 6.07 Å². The molecule has 1 N–H and O–H groups in total. The van der Waals surface area contributed by atoms with Crippen molar-refractivity contribution < 1.29 is 22.8 Å². The molecule has 4 rings (SSSR count). The van der Waals surface area contributed by atoms with E-state index in [1.165, 1.54) is 4.90 Å². The molecule has 2 aromatic rings. The maximum Gasteiger partial charge on any atom is 0.417 e. The Hall–Kier alpha value is -2.16. The van der Waals surface area contributed by atoms with Gasteiger partial charge in [0.05, 0.1) is 11.3 Å². The highest BCUT2D eigenvalue weighted by Gasteiger charge is 2.42. The number of thiophene rings is 1. The van der Waals surface area contributed by atoms with Crippen LogP contribution in [0.1, 0.15) is 47.6 Å². The summed E-state index contributed by atoms with van der Waals surface area (Å²) >= 11 is 0.927. The third-order valence-electron chi connectivity index (χ3n) is 4.90. The van der Waals surface area contributed by atoms with Crippen molar-refractivity contribution in [3.8, 4) is 0 Å². The van der Waals surface area contributed by atoms with Gasteiger partial charge < -0.3 is 10.2 Å². The molecule has 1 saturated heterocycles. The lowest BCUT2D eigenvalue weighted by Gasteiger charge is -2.19. The minimum atomic E-state index is -4.61. The Labute approximate surface area is 157 Å². The van der Waals surface area contributed by atoms with E-state index >= 15 is 0 Å².